The van der Waals surface area contributed by atoms with Crippen molar-refractivity contribution < 1.29 is 21.3 Å². The smallest absolute Gasteiger partial charge is 0.208 e. The van der Waals surface area contributed by atoms with Gasteiger partial charge in [0.25, 0.3) is 0 Å². The summed E-state index contributed by atoms with van der Waals surface area (Å²) in [5.74, 6) is 0.158. The molecule has 1 heterocycles. The van der Waals surface area contributed by atoms with E-state index in [0.29, 0.717) is 5.02 Å². The lowest BCUT2D eigenvalue weighted by molar-refractivity contribution is 0.487. The molecule has 2 rings (SSSR count). The first kappa shape index (κ1) is 17.0. The first-order chi connectivity index (χ1) is 10.2. The van der Waals surface area contributed by atoms with Gasteiger partial charge < -0.3 is 4.42 Å². The molecule has 0 aliphatic rings. The van der Waals surface area contributed by atoms with Crippen molar-refractivity contribution in [3.8, 4) is 0 Å². The lowest BCUT2D eigenvalue weighted by Gasteiger charge is -2.16. The van der Waals surface area contributed by atoms with Crippen LogP contribution in [0, 0.1) is 0 Å². The fraction of sp³-hybridized carbons (Fsp3) is 0.231. The highest BCUT2D eigenvalue weighted by molar-refractivity contribution is 7.92. The summed E-state index contributed by atoms with van der Waals surface area (Å²) in [5.41, 5.74) is 0. The molecule has 0 bridgehead atoms. The summed E-state index contributed by atoms with van der Waals surface area (Å²) in [4.78, 5) is 0.0357. The molecule has 0 radical (unpaired) electrons. The van der Waals surface area contributed by atoms with Crippen LogP contribution in [0.5, 0.6) is 0 Å². The third-order valence-corrected chi connectivity index (χ3v) is 5.93. The zero-order chi connectivity index (χ0) is 16.4. The molecule has 0 aliphatic carbocycles. The number of hydrogen-bond donors (Lipinski definition) is 1. The van der Waals surface area contributed by atoms with Gasteiger partial charge in [0.15, 0.2) is 9.84 Å². The molecule has 1 aromatic heterocycles. The second kappa shape index (κ2) is 6.41. The molecule has 0 amide bonds. The fourth-order valence-corrected chi connectivity index (χ4v) is 4.14. The van der Waals surface area contributed by atoms with Crippen molar-refractivity contribution in [1.82, 2.24) is 4.72 Å². The molecular weight excluding hydrogens is 350 g/mol. The SMILES string of the molecule is CS(=O)(=O)NC[C@H](c1ccco1)S(=O)(=O)c1ccc(Cl)cc1. The summed E-state index contributed by atoms with van der Waals surface area (Å²) in [5, 5.41) is -0.763. The van der Waals surface area contributed by atoms with E-state index in [4.69, 9.17) is 16.0 Å². The van der Waals surface area contributed by atoms with E-state index in [-0.39, 0.29) is 17.2 Å². The van der Waals surface area contributed by atoms with Crippen molar-refractivity contribution in [3.63, 3.8) is 0 Å². The van der Waals surface area contributed by atoms with E-state index in [1.807, 2.05) is 0 Å². The number of hydrogen-bond acceptors (Lipinski definition) is 5. The monoisotopic (exact) mass is 363 g/mol. The Morgan fingerprint density at radius 3 is 2.27 bits per heavy atom. The predicted molar refractivity (Wildman–Crippen MR) is 82.9 cm³/mol. The van der Waals surface area contributed by atoms with Crippen LogP contribution in [0.25, 0.3) is 0 Å². The van der Waals surface area contributed by atoms with Crippen LogP contribution < -0.4 is 4.72 Å². The van der Waals surface area contributed by atoms with Crippen molar-refractivity contribution >= 4 is 31.5 Å². The molecule has 0 spiro atoms. The van der Waals surface area contributed by atoms with E-state index in [1.54, 1.807) is 6.07 Å². The van der Waals surface area contributed by atoms with Gasteiger partial charge in [0.05, 0.1) is 17.4 Å². The minimum atomic E-state index is -3.84. The van der Waals surface area contributed by atoms with Gasteiger partial charge in [-0.3, -0.25) is 0 Å². The van der Waals surface area contributed by atoms with Crippen molar-refractivity contribution in [2.24, 2.45) is 0 Å². The maximum atomic E-state index is 12.7. The van der Waals surface area contributed by atoms with Gasteiger partial charge in [-0.15, -0.1) is 0 Å². The zero-order valence-electron chi connectivity index (χ0n) is 11.6. The maximum absolute atomic E-state index is 12.7. The summed E-state index contributed by atoms with van der Waals surface area (Å²) in [7, 11) is -7.38. The lowest BCUT2D eigenvalue weighted by Crippen LogP contribution is -2.31. The van der Waals surface area contributed by atoms with E-state index in [9.17, 15) is 16.8 Å². The summed E-state index contributed by atoms with van der Waals surface area (Å²) in [6.45, 7) is -0.322. The van der Waals surface area contributed by atoms with Gasteiger partial charge in [0.1, 0.15) is 11.0 Å². The average molecular weight is 364 g/mol. The van der Waals surface area contributed by atoms with Crippen LogP contribution in [0.2, 0.25) is 5.02 Å². The van der Waals surface area contributed by atoms with Crippen molar-refractivity contribution in [3.05, 3.63) is 53.4 Å². The van der Waals surface area contributed by atoms with Gasteiger partial charge in [-0.25, -0.2) is 21.6 Å². The summed E-state index contributed by atoms with van der Waals surface area (Å²) >= 11 is 5.76. The van der Waals surface area contributed by atoms with E-state index in [0.717, 1.165) is 6.26 Å². The summed E-state index contributed by atoms with van der Waals surface area (Å²) in [6, 6.07) is 8.68. The molecular formula is C13H14ClNO5S2. The minimum absolute atomic E-state index is 0.0357. The molecule has 0 saturated carbocycles. The largest absolute Gasteiger partial charge is 0.468 e. The maximum Gasteiger partial charge on any atom is 0.208 e. The van der Waals surface area contributed by atoms with Crippen molar-refractivity contribution in [1.29, 1.82) is 0 Å². The second-order valence-corrected chi connectivity index (χ2v) is 9.02. The fourth-order valence-electron chi connectivity index (χ4n) is 1.85. The van der Waals surface area contributed by atoms with Gasteiger partial charge in [0.2, 0.25) is 10.0 Å². The van der Waals surface area contributed by atoms with Crippen LogP contribution in [-0.4, -0.2) is 29.6 Å². The molecule has 0 unspecified atom stereocenters. The highest BCUT2D eigenvalue weighted by Gasteiger charge is 2.32. The average Bonchev–Trinajstić information content (AvgIpc) is 2.91. The van der Waals surface area contributed by atoms with Crippen LogP contribution in [0.1, 0.15) is 11.0 Å². The van der Waals surface area contributed by atoms with Gasteiger partial charge >= 0.3 is 0 Å². The molecule has 22 heavy (non-hydrogen) atoms. The number of benzene rings is 1. The molecule has 1 aromatic carbocycles. The molecule has 1 atom stereocenters. The third kappa shape index (κ3) is 4.10. The molecule has 0 saturated heterocycles. The Bertz CT molecular complexity index is 827. The number of sulfone groups is 1. The van der Waals surface area contributed by atoms with Crippen molar-refractivity contribution in [2.75, 3.05) is 12.8 Å². The van der Waals surface area contributed by atoms with Gasteiger partial charge in [-0.1, -0.05) is 11.6 Å². The highest BCUT2D eigenvalue weighted by Crippen LogP contribution is 2.29. The molecule has 6 nitrogen and oxygen atoms in total. The molecule has 0 aliphatic heterocycles. The first-order valence-corrected chi connectivity index (χ1v) is 9.99. The molecule has 9 heteroatoms. The Kier molecular flexibility index (Phi) is 4.96. The van der Waals surface area contributed by atoms with E-state index in [2.05, 4.69) is 4.72 Å². The standard InChI is InChI=1S/C13H14ClNO5S2/c1-21(16,17)15-9-13(12-3-2-8-20-12)22(18,19)11-6-4-10(14)5-7-11/h2-8,13,15H,9H2,1H3/t13-/m1/s1. The van der Waals surface area contributed by atoms with Crippen molar-refractivity contribution in [2.45, 2.75) is 10.1 Å². The number of halogens is 1. The van der Waals surface area contributed by atoms with Gasteiger partial charge in [-0.2, -0.15) is 0 Å². The molecule has 2 aromatic rings. The van der Waals surface area contributed by atoms with Crippen LogP contribution in [-0.2, 0) is 19.9 Å². The minimum Gasteiger partial charge on any atom is -0.468 e. The Hall–Kier alpha value is -1.35. The number of furan rings is 1. The predicted octanol–water partition coefficient (Wildman–Crippen LogP) is 2.00. The molecule has 120 valence electrons. The lowest BCUT2D eigenvalue weighted by atomic mass is 10.3. The number of sulfonamides is 1. The summed E-state index contributed by atoms with van der Waals surface area (Å²) in [6.07, 6.45) is 2.29. The topological polar surface area (TPSA) is 93.4 Å². The van der Waals surface area contributed by atoms with E-state index in [1.165, 1.54) is 36.6 Å². The highest BCUT2D eigenvalue weighted by atomic mass is 35.5. The molecule has 1 N–H and O–H groups in total. The third-order valence-electron chi connectivity index (χ3n) is 2.91. The number of nitrogens with one attached hydrogen (secondary N) is 1. The normalized spacial score (nSPS) is 13.9. The van der Waals surface area contributed by atoms with Gasteiger partial charge in [0, 0.05) is 11.6 Å². The Labute approximate surface area is 134 Å². The van der Waals surface area contributed by atoms with Crippen LogP contribution in [0.3, 0.4) is 0 Å². The van der Waals surface area contributed by atoms with Crippen LogP contribution in [0.4, 0.5) is 0 Å². The zero-order valence-corrected chi connectivity index (χ0v) is 14.0. The van der Waals surface area contributed by atoms with Gasteiger partial charge in [-0.05, 0) is 36.4 Å². The Balaban J connectivity index is 2.41. The number of rotatable bonds is 6. The molecule has 0 fully saturated rings. The summed E-state index contributed by atoms with van der Waals surface area (Å²) < 4.78 is 55.3. The quantitative estimate of drug-likeness (QED) is 0.847. The van der Waals surface area contributed by atoms with E-state index < -0.39 is 25.1 Å². The van der Waals surface area contributed by atoms with E-state index >= 15 is 0 Å². The van der Waals surface area contributed by atoms with Crippen LogP contribution >= 0.6 is 11.6 Å². The Morgan fingerprint density at radius 2 is 1.77 bits per heavy atom. The second-order valence-electron chi connectivity index (χ2n) is 4.62. The Morgan fingerprint density at radius 1 is 1.14 bits per heavy atom. The van der Waals surface area contributed by atoms with Crippen LogP contribution in [0.15, 0.2) is 52.0 Å². The first-order valence-electron chi connectivity index (χ1n) is 6.17.